The summed E-state index contributed by atoms with van der Waals surface area (Å²) in [5.74, 6) is -0.816. The minimum absolute atomic E-state index is 0.159. The van der Waals surface area contributed by atoms with Crippen molar-refractivity contribution in [3.05, 3.63) is 96.1 Å². The fourth-order valence-electron chi connectivity index (χ4n) is 4.60. The summed E-state index contributed by atoms with van der Waals surface area (Å²) in [6.45, 7) is 4.11. The van der Waals surface area contributed by atoms with Crippen LogP contribution in [-0.4, -0.2) is 73.3 Å². The molecular formula is C33H42N4O3. The zero-order valence-electron chi connectivity index (χ0n) is 24.5. The Bertz CT molecular complexity index is 1340. The molecule has 3 rings (SSSR count). The third-order valence-electron chi connectivity index (χ3n) is 7.54. The second-order valence-corrected chi connectivity index (χ2v) is 10.9. The number of carbonyl (C=O) groups excluding carboxylic acids is 3. The van der Waals surface area contributed by atoms with Gasteiger partial charge in [-0.3, -0.25) is 14.4 Å². The fraction of sp³-hybridized carbons (Fsp3) is 0.364. The molecular weight excluding hydrogens is 500 g/mol. The number of carbonyl (C=O) groups is 3. The molecule has 0 saturated carbocycles. The van der Waals surface area contributed by atoms with Crippen molar-refractivity contribution in [2.45, 2.75) is 50.7 Å². The Kier molecular flexibility index (Phi) is 10.6. The van der Waals surface area contributed by atoms with Gasteiger partial charge in [-0.05, 0) is 55.3 Å². The van der Waals surface area contributed by atoms with Gasteiger partial charge in [0.25, 0.3) is 0 Å². The number of amides is 3. The molecule has 3 amide bonds. The van der Waals surface area contributed by atoms with Crippen LogP contribution in [0.25, 0.3) is 10.8 Å². The highest BCUT2D eigenvalue weighted by Crippen LogP contribution is 2.20. The Hall–Kier alpha value is -3.97. The first-order chi connectivity index (χ1) is 19.1. The maximum absolute atomic E-state index is 14.1. The first kappa shape index (κ1) is 30.6. The Morgan fingerprint density at radius 3 is 2.08 bits per heavy atom. The van der Waals surface area contributed by atoms with E-state index in [2.05, 4.69) is 30.5 Å². The lowest BCUT2D eigenvalue weighted by Crippen LogP contribution is -2.55. The molecule has 0 heterocycles. The largest absolute Gasteiger partial charge is 0.357 e. The first-order valence-electron chi connectivity index (χ1n) is 13.7. The van der Waals surface area contributed by atoms with Crippen molar-refractivity contribution in [1.29, 1.82) is 0 Å². The molecule has 0 bridgehead atoms. The van der Waals surface area contributed by atoms with E-state index >= 15 is 0 Å². The molecule has 0 aliphatic heterocycles. The zero-order chi connectivity index (χ0) is 29.3. The number of hydrogen-bond donors (Lipinski definition) is 2. The van der Waals surface area contributed by atoms with Crippen LogP contribution in [-0.2, 0) is 27.2 Å². The lowest BCUT2D eigenvalue weighted by molar-refractivity contribution is -0.146. The minimum Gasteiger partial charge on any atom is -0.357 e. The average molecular weight is 543 g/mol. The Morgan fingerprint density at radius 2 is 1.43 bits per heavy atom. The van der Waals surface area contributed by atoms with E-state index in [1.165, 1.54) is 15.9 Å². The van der Waals surface area contributed by atoms with Crippen LogP contribution < -0.4 is 10.6 Å². The van der Waals surface area contributed by atoms with Crippen molar-refractivity contribution in [1.82, 2.24) is 20.4 Å². The van der Waals surface area contributed by atoms with Crippen LogP contribution in [0.2, 0.25) is 0 Å². The van der Waals surface area contributed by atoms with Crippen molar-refractivity contribution in [2.75, 3.05) is 28.2 Å². The van der Waals surface area contributed by atoms with Gasteiger partial charge in [-0.15, -0.1) is 0 Å². The quantitative estimate of drug-likeness (QED) is 0.340. The number of likely N-dealkylation sites (N-methyl/N-ethyl adjacent to an activating group) is 3. The molecule has 40 heavy (non-hydrogen) atoms. The van der Waals surface area contributed by atoms with E-state index in [9.17, 15) is 14.4 Å². The second-order valence-electron chi connectivity index (χ2n) is 10.9. The second kappa shape index (κ2) is 13.9. The van der Waals surface area contributed by atoms with Crippen molar-refractivity contribution in [2.24, 2.45) is 0 Å². The maximum atomic E-state index is 14.1. The van der Waals surface area contributed by atoms with E-state index in [0.29, 0.717) is 19.3 Å². The molecule has 2 N–H and O–H groups in total. The molecule has 0 radical (unpaired) electrons. The van der Waals surface area contributed by atoms with Gasteiger partial charge in [0, 0.05) is 39.5 Å². The van der Waals surface area contributed by atoms with E-state index in [1.54, 1.807) is 21.1 Å². The van der Waals surface area contributed by atoms with Gasteiger partial charge >= 0.3 is 0 Å². The summed E-state index contributed by atoms with van der Waals surface area (Å²) in [5.41, 5.74) is 1.72. The highest BCUT2D eigenvalue weighted by atomic mass is 16.2. The third kappa shape index (κ3) is 8.02. The van der Waals surface area contributed by atoms with Crippen molar-refractivity contribution in [3.8, 4) is 0 Å². The van der Waals surface area contributed by atoms with Crippen molar-refractivity contribution in [3.63, 3.8) is 0 Å². The van der Waals surface area contributed by atoms with E-state index in [0.717, 1.165) is 21.9 Å². The first-order valence-corrected chi connectivity index (χ1v) is 13.7. The molecule has 0 saturated heterocycles. The number of fused-ring (bicyclic) bond motifs is 1. The Morgan fingerprint density at radius 1 is 0.800 bits per heavy atom. The summed E-state index contributed by atoms with van der Waals surface area (Å²) in [6.07, 6.45) is 4.70. The SMILES string of the molecule is CNC(=O)C(Cc1ccccc1)N(C)C(=O)C(Cc1ccc2ccccc2c1)N(C)C(=O)/C=C/CC(C)(C)NC. The number of nitrogens with one attached hydrogen (secondary N) is 2. The third-order valence-corrected chi connectivity index (χ3v) is 7.54. The van der Waals surface area contributed by atoms with Crippen LogP contribution in [0.3, 0.4) is 0 Å². The van der Waals surface area contributed by atoms with Crippen LogP contribution in [0.5, 0.6) is 0 Å². The van der Waals surface area contributed by atoms with Crippen molar-refractivity contribution < 1.29 is 14.4 Å². The monoisotopic (exact) mass is 542 g/mol. The molecule has 0 aliphatic rings. The van der Waals surface area contributed by atoms with Crippen molar-refractivity contribution >= 4 is 28.5 Å². The van der Waals surface area contributed by atoms with Gasteiger partial charge in [-0.25, -0.2) is 0 Å². The predicted molar refractivity (Wildman–Crippen MR) is 162 cm³/mol. The molecule has 212 valence electrons. The number of nitrogens with zero attached hydrogens (tertiary/aromatic N) is 2. The minimum atomic E-state index is -0.802. The topological polar surface area (TPSA) is 81.8 Å². The van der Waals surface area contributed by atoms with Gasteiger partial charge in [0.05, 0.1) is 0 Å². The number of rotatable bonds is 12. The maximum Gasteiger partial charge on any atom is 0.246 e. The fourth-order valence-corrected chi connectivity index (χ4v) is 4.60. The van der Waals surface area contributed by atoms with E-state index in [4.69, 9.17) is 0 Å². The lowest BCUT2D eigenvalue weighted by Gasteiger charge is -2.34. The summed E-state index contributed by atoms with van der Waals surface area (Å²) in [7, 11) is 6.74. The molecule has 0 fully saturated rings. The van der Waals surface area contributed by atoms with Crippen LogP contribution in [0.1, 0.15) is 31.4 Å². The van der Waals surface area contributed by atoms with Gasteiger partial charge < -0.3 is 20.4 Å². The highest BCUT2D eigenvalue weighted by molar-refractivity contribution is 5.95. The summed E-state index contributed by atoms with van der Waals surface area (Å²) >= 11 is 0. The molecule has 7 nitrogen and oxygen atoms in total. The van der Waals surface area contributed by atoms with Gasteiger partial charge in [-0.1, -0.05) is 78.9 Å². The smallest absolute Gasteiger partial charge is 0.246 e. The van der Waals surface area contributed by atoms with Gasteiger partial charge in [0.1, 0.15) is 12.1 Å². The van der Waals surface area contributed by atoms with E-state index in [-0.39, 0.29) is 23.3 Å². The van der Waals surface area contributed by atoms with Crippen LogP contribution in [0.4, 0.5) is 0 Å². The standard InChI is InChI=1S/C33H42N4O3/c1-33(2,35-4)20-12-17-30(38)36(5)29(23-25-18-19-26-15-10-11-16-27(26)21-25)32(40)37(6)28(31(39)34-3)22-24-13-8-7-9-14-24/h7-19,21,28-29,35H,20,22-23H2,1-6H3,(H,34,39)/b17-12+. The summed E-state index contributed by atoms with van der Waals surface area (Å²) in [4.78, 5) is 43.3. The van der Waals surface area contributed by atoms with Gasteiger partial charge in [0.15, 0.2) is 0 Å². The summed E-state index contributed by atoms with van der Waals surface area (Å²) < 4.78 is 0. The van der Waals surface area contributed by atoms with E-state index in [1.807, 2.05) is 79.9 Å². The molecule has 2 atom stereocenters. The number of benzene rings is 3. The molecule has 0 spiro atoms. The molecule has 0 aliphatic carbocycles. The van der Waals surface area contributed by atoms with Gasteiger partial charge in [-0.2, -0.15) is 0 Å². The van der Waals surface area contributed by atoms with E-state index < -0.39 is 12.1 Å². The van der Waals surface area contributed by atoms with Crippen LogP contribution in [0, 0.1) is 0 Å². The Labute approximate surface area is 238 Å². The normalized spacial score (nSPS) is 13.2. The predicted octanol–water partition coefficient (Wildman–Crippen LogP) is 3.97. The molecule has 3 aromatic rings. The average Bonchev–Trinajstić information content (AvgIpc) is 2.97. The Balaban J connectivity index is 1.92. The highest BCUT2D eigenvalue weighted by Gasteiger charge is 2.34. The molecule has 0 aromatic heterocycles. The molecule has 7 heteroatoms. The zero-order valence-corrected chi connectivity index (χ0v) is 24.5. The van der Waals surface area contributed by atoms with Gasteiger partial charge in [0.2, 0.25) is 17.7 Å². The molecule has 2 unspecified atom stereocenters. The summed E-state index contributed by atoms with van der Waals surface area (Å²) in [5, 5.41) is 8.09. The number of hydrogen-bond acceptors (Lipinski definition) is 4. The van der Waals surface area contributed by atoms with Crippen LogP contribution >= 0.6 is 0 Å². The lowest BCUT2D eigenvalue weighted by atomic mass is 9.98. The summed E-state index contributed by atoms with van der Waals surface area (Å²) in [6, 6.07) is 22.2. The van der Waals surface area contributed by atoms with Crippen LogP contribution in [0.15, 0.2) is 84.9 Å². The molecule has 3 aromatic carbocycles.